The molecule has 0 N–H and O–H groups in total. The van der Waals surface area contributed by atoms with Crippen LogP contribution in [0.4, 0.5) is 17.1 Å². The Hall–Kier alpha value is -6.44. The number of hydrogen-bond acceptors (Lipinski definition) is 1. The Bertz CT molecular complexity index is 3000. The van der Waals surface area contributed by atoms with Crippen LogP contribution in [0.3, 0.4) is 0 Å². The van der Waals surface area contributed by atoms with Gasteiger partial charge in [-0.25, -0.2) is 0 Å². The van der Waals surface area contributed by atoms with Crippen molar-refractivity contribution in [3.05, 3.63) is 198 Å². The fraction of sp³-hybridized carbons (Fsp3) is 0.111. The lowest BCUT2D eigenvalue weighted by atomic mass is 9.73. The Balaban J connectivity index is 1.29. The SMILES string of the molecule is CC1(C)c2ccccc2N(c2c3ccccc3c(-c3cccc4c3-c3ccccc3C4(C)C)c3cc(-c4ccc5ccccc5c4)ccc23)c2ccccc21. The van der Waals surface area contributed by atoms with E-state index in [9.17, 15) is 0 Å². The molecule has 1 heteroatoms. The normalized spacial score (nSPS) is 14.8. The van der Waals surface area contributed by atoms with Gasteiger partial charge in [-0.05, 0) is 101 Å². The summed E-state index contributed by atoms with van der Waals surface area (Å²) in [5.74, 6) is 0. The highest BCUT2D eigenvalue weighted by Crippen LogP contribution is 2.58. The van der Waals surface area contributed by atoms with Gasteiger partial charge in [0.1, 0.15) is 0 Å². The van der Waals surface area contributed by atoms with Crippen molar-refractivity contribution < 1.29 is 0 Å². The first kappa shape index (κ1) is 32.0. The van der Waals surface area contributed by atoms with E-state index in [2.05, 4.69) is 209 Å². The van der Waals surface area contributed by atoms with Gasteiger partial charge in [0, 0.05) is 21.6 Å². The maximum absolute atomic E-state index is 2.56. The molecule has 0 saturated carbocycles. The highest BCUT2D eigenvalue weighted by atomic mass is 15.2. The predicted octanol–water partition coefficient (Wildman–Crippen LogP) is 14.9. The van der Waals surface area contributed by atoms with Crippen molar-refractivity contribution >= 4 is 49.4 Å². The molecule has 0 atom stereocenters. The Morgan fingerprint density at radius 3 is 1.64 bits per heavy atom. The number of para-hydroxylation sites is 2. The van der Waals surface area contributed by atoms with E-state index < -0.39 is 0 Å². The summed E-state index contributed by atoms with van der Waals surface area (Å²) in [6.45, 7) is 9.50. The molecule has 0 fully saturated rings. The topological polar surface area (TPSA) is 3.24 Å². The minimum absolute atomic E-state index is 0.0994. The molecule has 1 heterocycles. The van der Waals surface area contributed by atoms with Crippen molar-refractivity contribution in [3.63, 3.8) is 0 Å². The summed E-state index contributed by atoms with van der Waals surface area (Å²) in [4.78, 5) is 2.56. The number of anilines is 3. The van der Waals surface area contributed by atoms with Gasteiger partial charge in [0.25, 0.3) is 0 Å². The minimum Gasteiger partial charge on any atom is -0.309 e. The summed E-state index contributed by atoms with van der Waals surface area (Å²) in [5, 5.41) is 7.52. The number of benzene rings is 9. The van der Waals surface area contributed by atoms with Gasteiger partial charge in [-0.3, -0.25) is 0 Å². The molecule has 0 aromatic heterocycles. The van der Waals surface area contributed by atoms with Crippen LogP contribution in [0.15, 0.2) is 176 Å². The summed E-state index contributed by atoms with van der Waals surface area (Å²) in [6, 6.07) is 66.0. The molecule has 0 unspecified atom stereocenters. The zero-order valence-corrected chi connectivity index (χ0v) is 31.7. The van der Waals surface area contributed by atoms with Crippen LogP contribution < -0.4 is 4.90 Å². The van der Waals surface area contributed by atoms with Gasteiger partial charge in [-0.1, -0.05) is 179 Å². The second kappa shape index (κ2) is 11.5. The van der Waals surface area contributed by atoms with E-state index in [1.165, 1.54) is 105 Å². The Morgan fingerprint density at radius 2 is 0.873 bits per heavy atom. The molecule has 0 spiro atoms. The van der Waals surface area contributed by atoms with Crippen LogP contribution in [0.2, 0.25) is 0 Å². The van der Waals surface area contributed by atoms with E-state index in [1.807, 2.05) is 0 Å². The molecular formula is C54H41N. The van der Waals surface area contributed by atoms with Crippen molar-refractivity contribution in [2.45, 2.75) is 38.5 Å². The van der Waals surface area contributed by atoms with Crippen LogP contribution >= 0.6 is 0 Å². The van der Waals surface area contributed by atoms with Gasteiger partial charge in [0.05, 0.1) is 17.1 Å². The Morgan fingerprint density at radius 1 is 0.345 bits per heavy atom. The molecular weight excluding hydrogens is 663 g/mol. The van der Waals surface area contributed by atoms with Crippen LogP contribution in [0, 0.1) is 0 Å². The highest BCUT2D eigenvalue weighted by molar-refractivity contribution is 6.24. The van der Waals surface area contributed by atoms with E-state index in [-0.39, 0.29) is 10.8 Å². The average molecular weight is 704 g/mol. The van der Waals surface area contributed by atoms with Crippen LogP contribution in [-0.2, 0) is 10.8 Å². The van der Waals surface area contributed by atoms with E-state index in [0.29, 0.717) is 0 Å². The fourth-order valence-corrected chi connectivity index (χ4v) is 10.1. The second-order valence-electron chi connectivity index (χ2n) is 16.5. The van der Waals surface area contributed by atoms with E-state index in [0.717, 1.165) is 0 Å². The van der Waals surface area contributed by atoms with Crippen LogP contribution in [-0.4, -0.2) is 0 Å². The average Bonchev–Trinajstić information content (AvgIpc) is 3.46. The monoisotopic (exact) mass is 703 g/mol. The minimum atomic E-state index is -0.150. The summed E-state index contributed by atoms with van der Waals surface area (Å²) in [5.41, 5.74) is 16.6. The van der Waals surface area contributed by atoms with Gasteiger partial charge in [-0.15, -0.1) is 0 Å². The first-order valence-corrected chi connectivity index (χ1v) is 19.5. The highest BCUT2D eigenvalue weighted by Gasteiger charge is 2.39. The van der Waals surface area contributed by atoms with Crippen molar-refractivity contribution in [1.82, 2.24) is 0 Å². The zero-order chi connectivity index (χ0) is 37.1. The number of hydrogen-bond donors (Lipinski definition) is 0. The summed E-state index contributed by atoms with van der Waals surface area (Å²) in [6.07, 6.45) is 0. The Kier molecular flexibility index (Phi) is 6.72. The number of nitrogens with zero attached hydrogens (tertiary/aromatic N) is 1. The molecule has 9 aromatic rings. The first-order chi connectivity index (χ1) is 26.8. The third-order valence-electron chi connectivity index (χ3n) is 12.8. The third kappa shape index (κ3) is 4.47. The number of rotatable bonds is 3. The van der Waals surface area contributed by atoms with Crippen LogP contribution in [0.25, 0.3) is 65.7 Å². The lowest BCUT2D eigenvalue weighted by Crippen LogP contribution is -2.30. The van der Waals surface area contributed by atoms with Crippen molar-refractivity contribution in [3.8, 4) is 33.4 Å². The van der Waals surface area contributed by atoms with Gasteiger partial charge >= 0.3 is 0 Å². The largest absolute Gasteiger partial charge is 0.309 e. The molecule has 55 heavy (non-hydrogen) atoms. The molecule has 1 aliphatic heterocycles. The molecule has 1 nitrogen and oxygen atoms in total. The summed E-state index contributed by atoms with van der Waals surface area (Å²) in [7, 11) is 0. The maximum Gasteiger partial charge on any atom is 0.0619 e. The summed E-state index contributed by atoms with van der Waals surface area (Å²) >= 11 is 0. The van der Waals surface area contributed by atoms with E-state index in [1.54, 1.807) is 0 Å². The molecule has 1 aliphatic carbocycles. The quantitative estimate of drug-likeness (QED) is 0.166. The molecule has 0 saturated heterocycles. The molecule has 11 rings (SSSR count). The van der Waals surface area contributed by atoms with E-state index >= 15 is 0 Å². The van der Waals surface area contributed by atoms with Gasteiger partial charge in [0.2, 0.25) is 0 Å². The number of fused-ring (bicyclic) bond motifs is 8. The lowest BCUT2D eigenvalue weighted by Gasteiger charge is -2.42. The standard InChI is InChI=1S/C54H41N/c1-53(2)44-22-10-9-20-41(44)51-42(21-15-25-47(51)53)50-38-18-7-8-19-39(38)52(55-48-26-13-11-23-45(48)54(3,4)46-24-12-14-27-49(46)55)40-31-30-37(33-43(40)50)36-29-28-34-16-5-6-17-35(34)32-36/h5-33H,1-4H3. The molecule has 0 radical (unpaired) electrons. The second-order valence-corrected chi connectivity index (χ2v) is 16.5. The lowest BCUT2D eigenvalue weighted by molar-refractivity contribution is 0.632. The first-order valence-electron chi connectivity index (χ1n) is 19.5. The smallest absolute Gasteiger partial charge is 0.0619 e. The van der Waals surface area contributed by atoms with Gasteiger partial charge in [-0.2, -0.15) is 0 Å². The predicted molar refractivity (Wildman–Crippen MR) is 234 cm³/mol. The third-order valence-corrected chi connectivity index (χ3v) is 12.8. The van der Waals surface area contributed by atoms with Crippen molar-refractivity contribution in [2.75, 3.05) is 4.90 Å². The molecule has 9 aromatic carbocycles. The van der Waals surface area contributed by atoms with Crippen molar-refractivity contribution in [2.24, 2.45) is 0 Å². The maximum atomic E-state index is 2.56. The van der Waals surface area contributed by atoms with E-state index in [4.69, 9.17) is 0 Å². The molecule has 0 bridgehead atoms. The van der Waals surface area contributed by atoms with Crippen LogP contribution in [0.1, 0.15) is 49.9 Å². The van der Waals surface area contributed by atoms with Crippen LogP contribution in [0.5, 0.6) is 0 Å². The van der Waals surface area contributed by atoms with Gasteiger partial charge in [0.15, 0.2) is 0 Å². The van der Waals surface area contributed by atoms with Gasteiger partial charge < -0.3 is 4.90 Å². The molecule has 0 amide bonds. The fourth-order valence-electron chi connectivity index (χ4n) is 10.1. The molecule has 262 valence electrons. The zero-order valence-electron chi connectivity index (χ0n) is 31.7. The summed E-state index contributed by atoms with van der Waals surface area (Å²) < 4.78 is 0. The van der Waals surface area contributed by atoms with Crippen molar-refractivity contribution in [1.29, 1.82) is 0 Å². The molecule has 2 aliphatic rings. The Labute approximate surface area is 323 Å².